The van der Waals surface area contributed by atoms with E-state index in [4.69, 9.17) is 48.7 Å². The number of ether oxygens (including phenoxy) is 3. The largest absolute Gasteiger partial charge is 0.493 e. The number of carbonyl (C=O) groups excluding carboxylic acids is 1. The summed E-state index contributed by atoms with van der Waals surface area (Å²) in [5.74, 6) is 0.736. The molecule has 1 aromatic heterocycles. The molecule has 1 aromatic carbocycles. The molecule has 2 rings (SSSR count). The van der Waals surface area contributed by atoms with Gasteiger partial charge in [-0.05, 0) is 24.6 Å². The number of hydrogen-bond acceptors (Lipinski definition) is 7. The number of alkyl halides is 3. The molecule has 0 unspecified atom stereocenters. The lowest BCUT2D eigenvalue weighted by Crippen LogP contribution is -2.05. The van der Waals surface area contributed by atoms with Crippen LogP contribution in [0.4, 0.5) is 0 Å². The van der Waals surface area contributed by atoms with Crippen LogP contribution in [-0.4, -0.2) is 37.0 Å². The highest BCUT2D eigenvalue weighted by Gasteiger charge is 2.30. The van der Waals surface area contributed by atoms with Crippen LogP contribution in [0.25, 0.3) is 11.5 Å². The number of nitrogens with zero attached hydrogens (tertiary/aromatic N) is 2. The van der Waals surface area contributed by atoms with E-state index in [0.717, 1.165) is 0 Å². The fourth-order valence-corrected chi connectivity index (χ4v) is 2.10. The van der Waals surface area contributed by atoms with Crippen LogP contribution in [0.15, 0.2) is 22.6 Å². The standard InChI is InChI=1S/C15H15Cl3N2O5/c1-22-11-8-9(13-19-20-14(25-13)15(16,17)18)5-6-10(11)24-7-3-4-12(21)23-2/h5-6,8H,3-4,7H2,1-2H3. The van der Waals surface area contributed by atoms with Gasteiger partial charge in [0.15, 0.2) is 11.5 Å². The molecule has 10 heteroatoms. The van der Waals surface area contributed by atoms with E-state index in [0.29, 0.717) is 30.1 Å². The fraction of sp³-hybridized carbons (Fsp3) is 0.400. The van der Waals surface area contributed by atoms with Gasteiger partial charge in [0, 0.05) is 12.0 Å². The molecule has 0 radical (unpaired) electrons. The Bertz CT molecular complexity index is 730. The number of rotatable bonds is 7. The Morgan fingerprint density at radius 3 is 2.56 bits per heavy atom. The summed E-state index contributed by atoms with van der Waals surface area (Å²) in [6.45, 7) is 0.336. The summed E-state index contributed by atoms with van der Waals surface area (Å²) in [7, 11) is 2.84. The Balaban J connectivity index is 2.08. The highest BCUT2D eigenvalue weighted by molar-refractivity contribution is 6.66. The first-order chi connectivity index (χ1) is 11.8. The zero-order valence-corrected chi connectivity index (χ0v) is 15.7. The van der Waals surface area contributed by atoms with E-state index in [1.807, 2.05) is 0 Å². The van der Waals surface area contributed by atoms with Gasteiger partial charge in [-0.1, -0.05) is 34.8 Å². The van der Waals surface area contributed by atoms with E-state index in [9.17, 15) is 4.79 Å². The molecule has 1 heterocycles. The van der Waals surface area contributed by atoms with Gasteiger partial charge >= 0.3 is 5.97 Å². The van der Waals surface area contributed by atoms with Crippen molar-refractivity contribution in [1.29, 1.82) is 0 Å². The number of aromatic nitrogens is 2. The van der Waals surface area contributed by atoms with Crippen molar-refractivity contribution < 1.29 is 23.4 Å². The molecular formula is C15H15Cl3N2O5. The van der Waals surface area contributed by atoms with E-state index >= 15 is 0 Å². The smallest absolute Gasteiger partial charge is 0.305 e. The van der Waals surface area contributed by atoms with E-state index in [-0.39, 0.29) is 24.2 Å². The summed E-state index contributed by atoms with van der Waals surface area (Å²) in [6.07, 6.45) is 0.798. The maximum atomic E-state index is 11.1. The lowest BCUT2D eigenvalue weighted by atomic mass is 10.2. The lowest BCUT2D eigenvalue weighted by Gasteiger charge is -2.11. The van der Waals surface area contributed by atoms with Gasteiger partial charge in [0.25, 0.3) is 9.68 Å². The SMILES string of the molecule is COC(=O)CCCOc1ccc(-c2nnc(C(Cl)(Cl)Cl)o2)cc1OC. The Labute approximate surface area is 159 Å². The van der Waals surface area contributed by atoms with Crippen LogP contribution < -0.4 is 9.47 Å². The van der Waals surface area contributed by atoms with E-state index in [1.54, 1.807) is 18.2 Å². The van der Waals surface area contributed by atoms with Gasteiger partial charge in [-0.25, -0.2) is 0 Å². The average molecular weight is 410 g/mol. The maximum Gasteiger partial charge on any atom is 0.305 e. The number of carbonyl (C=O) groups is 1. The molecule has 0 aliphatic carbocycles. The number of hydrogen-bond donors (Lipinski definition) is 0. The summed E-state index contributed by atoms with van der Waals surface area (Å²) in [6, 6.07) is 5.05. The second kappa shape index (κ2) is 8.60. The van der Waals surface area contributed by atoms with Crippen molar-refractivity contribution in [2.24, 2.45) is 0 Å². The molecule has 0 amide bonds. The third kappa shape index (κ3) is 5.39. The zero-order valence-electron chi connectivity index (χ0n) is 13.4. The van der Waals surface area contributed by atoms with Crippen molar-refractivity contribution in [2.75, 3.05) is 20.8 Å². The molecule has 2 aromatic rings. The summed E-state index contributed by atoms with van der Waals surface area (Å²) in [5, 5.41) is 7.54. The zero-order chi connectivity index (χ0) is 18.4. The highest BCUT2D eigenvalue weighted by atomic mass is 35.6. The van der Waals surface area contributed by atoms with Crippen LogP contribution in [0.1, 0.15) is 18.7 Å². The highest BCUT2D eigenvalue weighted by Crippen LogP contribution is 2.39. The van der Waals surface area contributed by atoms with Crippen molar-refractivity contribution >= 4 is 40.8 Å². The summed E-state index contributed by atoms with van der Waals surface area (Å²) in [5.41, 5.74) is 0.576. The Hall–Kier alpha value is -1.70. The predicted octanol–water partition coefficient (Wildman–Crippen LogP) is 3.90. The minimum Gasteiger partial charge on any atom is -0.493 e. The van der Waals surface area contributed by atoms with Crippen molar-refractivity contribution in [3.05, 3.63) is 24.1 Å². The fourth-order valence-electron chi connectivity index (χ4n) is 1.87. The lowest BCUT2D eigenvalue weighted by molar-refractivity contribution is -0.140. The third-order valence-corrected chi connectivity index (χ3v) is 3.57. The third-order valence-electron chi connectivity index (χ3n) is 3.09. The molecule has 0 N–H and O–H groups in total. The predicted molar refractivity (Wildman–Crippen MR) is 92.3 cm³/mol. The molecule has 0 aliphatic heterocycles. The summed E-state index contributed by atoms with van der Waals surface area (Å²) < 4.78 is 19.0. The second-order valence-electron chi connectivity index (χ2n) is 4.80. The van der Waals surface area contributed by atoms with Gasteiger partial charge in [-0.2, -0.15) is 0 Å². The minimum absolute atomic E-state index is 0.130. The maximum absolute atomic E-state index is 11.1. The molecule has 0 saturated heterocycles. The average Bonchev–Trinajstić information content (AvgIpc) is 3.08. The molecular weight excluding hydrogens is 395 g/mol. The van der Waals surface area contributed by atoms with Gasteiger partial charge in [-0.3, -0.25) is 4.79 Å². The molecule has 0 aliphatic rings. The van der Waals surface area contributed by atoms with Gasteiger partial charge in [0.1, 0.15) is 0 Å². The first-order valence-electron chi connectivity index (χ1n) is 7.14. The first kappa shape index (κ1) is 19.6. The quantitative estimate of drug-likeness (QED) is 0.389. The Kier molecular flexibility index (Phi) is 6.75. The molecule has 7 nitrogen and oxygen atoms in total. The van der Waals surface area contributed by atoms with E-state index < -0.39 is 3.79 Å². The van der Waals surface area contributed by atoms with Crippen LogP contribution in [0.3, 0.4) is 0 Å². The molecule has 25 heavy (non-hydrogen) atoms. The second-order valence-corrected chi connectivity index (χ2v) is 7.09. The molecule has 0 spiro atoms. The Morgan fingerprint density at radius 1 is 1.20 bits per heavy atom. The number of benzene rings is 1. The molecule has 0 atom stereocenters. The normalized spacial score (nSPS) is 11.2. The van der Waals surface area contributed by atoms with Crippen LogP contribution >= 0.6 is 34.8 Å². The van der Waals surface area contributed by atoms with Gasteiger partial charge < -0.3 is 18.6 Å². The van der Waals surface area contributed by atoms with E-state index in [1.165, 1.54) is 14.2 Å². The van der Waals surface area contributed by atoms with Crippen LogP contribution in [-0.2, 0) is 13.3 Å². The van der Waals surface area contributed by atoms with Gasteiger partial charge in [0.2, 0.25) is 5.89 Å². The van der Waals surface area contributed by atoms with Crippen molar-refractivity contribution in [3.8, 4) is 23.0 Å². The van der Waals surface area contributed by atoms with E-state index in [2.05, 4.69) is 14.9 Å². The summed E-state index contributed by atoms with van der Waals surface area (Å²) >= 11 is 17.1. The van der Waals surface area contributed by atoms with Crippen molar-refractivity contribution in [1.82, 2.24) is 10.2 Å². The van der Waals surface area contributed by atoms with Crippen molar-refractivity contribution in [2.45, 2.75) is 16.6 Å². The number of halogens is 3. The Morgan fingerprint density at radius 2 is 1.96 bits per heavy atom. The molecule has 136 valence electrons. The van der Waals surface area contributed by atoms with Crippen LogP contribution in [0, 0.1) is 0 Å². The number of methoxy groups -OCH3 is 2. The topological polar surface area (TPSA) is 83.7 Å². The molecule has 0 fully saturated rings. The summed E-state index contributed by atoms with van der Waals surface area (Å²) in [4.78, 5) is 11.1. The van der Waals surface area contributed by atoms with Crippen molar-refractivity contribution in [3.63, 3.8) is 0 Å². The molecule has 0 saturated carbocycles. The minimum atomic E-state index is -1.79. The van der Waals surface area contributed by atoms with Gasteiger partial charge in [-0.15, -0.1) is 10.2 Å². The van der Waals surface area contributed by atoms with Gasteiger partial charge in [0.05, 0.1) is 20.8 Å². The molecule has 0 bridgehead atoms. The first-order valence-corrected chi connectivity index (χ1v) is 8.27. The van der Waals surface area contributed by atoms with Crippen LogP contribution in [0.2, 0.25) is 0 Å². The monoisotopic (exact) mass is 408 g/mol. The number of esters is 1. The van der Waals surface area contributed by atoms with Crippen LogP contribution in [0.5, 0.6) is 11.5 Å².